The van der Waals surface area contributed by atoms with E-state index in [4.69, 9.17) is 4.74 Å². The predicted molar refractivity (Wildman–Crippen MR) is 96.5 cm³/mol. The van der Waals surface area contributed by atoms with Crippen molar-refractivity contribution in [1.29, 1.82) is 0 Å². The number of nitrogens with one attached hydrogen (secondary N) is 1. The fourth-order valence-corrected chi connectivity index (χ4v) is 3.22. The quantitative estimate of drug-likeness (QED) is 0.867. The van der Waals surface area contributed by atoms with Crippen LogP contribution in [0.2, 0.25) is 0 Å². The number of carbonyl (C=O) groups excluding carboxylic acids is 2. The molecule has 1 amide bonds. The van der Waals surface area contributed by atoms with Crippen LogP contribution in [0.3, 0.4) is 0 Å². The minimum absolute atomic E-state index is 0.00206. The minimum atomic E-state index is -0.470. The topological polar surface area (TPSA) is 55.4 Å². The number of hydrogen-bond acceptors (Lipinski definition) is 3. The normalized spacial score (nSPS) is 16.0. The summed E-state index contributed by atoms with van der Waals surface area (Å²) in [6, 6.07) is 13.6. The van der Waals surface area contributed by atoms with Gasteiger partial charge in [-0.05, 0) is 67.5 Å². The van der Waals surface area contributed by atoms with Crippen molar-refractivity contribution in [2.24, 2.45) is 0 Å². The Labute approximate surface area is 148 Å². The van der Waals surface area contributed by atoms with Crippen LogP contribution in [0.15, 0.2) is 42.5 Å². The van der Waals surface area contributed by atoms with Crippen LogP contribution in [-0.2, 0) is 16.0 Å². The largest absolute Gasteiger partial charge is 0.452 e. The van der Waals surface area contributed by atoms with E-state index in [1.54, 1.807) is 12.1 Å². The summed E-state index contributed by atoms with van der Waals surface area (Å²) in [7, 11) is 0. The zero-order chi connectivity index (χ0) is 17.8. The number of aryl methyl sites for hydroxylation is 3. The molecular weight excluding hydrogens is 314 g/mol. The molecule has 0 aromatic heterocycles. The molecule has 1 aliphatic rings. The van der Waals surface area contributed by atoms with E-state index in [-0.39, 0.29) is 18.6 Å². The third kappa shape index (κ3) is 4.08. The fourth-order valence-electron chi connectivity index (χ4n) is 3.22. The molecule has 0 aliphatic heterocycles. The molecule has 0 bridgehead atoms. The summed E-state index contributed by atoms with van der Waals surface area (Å²) in [5, 5.41) is 2.99. The van der Waals surface area contributed by atoms with E-state index < -0.39 is 5.97 Å². The fraction of sp³-hybridized carbons (Fsp3) is 0.333. The first-order valence-corrected chi connectivity index (χ1v) is 8.66. The third-order valence-corrected chi connectivity index (χ3v) is 4.78. The smallest absolute Gasteiger partial charge is 0.338 e. The van der Waals surface area contributed by atoms with Crippen LogP contribution in [0.5, 0.6) is 0 Å². The van der Waals surface area contributed by atoms with E-state index >= 15 is 0 Å². The highest BCUT2D eigenvalue weighted by Gasteiger charge is 2.21. The number of benzene rings is 2. The maximum atomic E-state index is 12.2. The van der Waals surface area contributed by atoms with Crippen LogP contribution < -0.4 is 5.32 Å². The number of ether oxygens (including phenoxy) is 1. The highest BCUT2D eigenvalue weighted by Crippen LogP contribution is 2.29. The van der Waals surface area contributed by atoms with Crippen LogP contribution in [0.25, 0.3) is 0 Å². The molecule has 2 aromatic carbocycles. The lowest BCUT2D eigenvalue weighted by Crippen LogP contribution is -2.34. The second-order valence-electron chi connectivity index (χ2n) is 6.59. The summed E-state index contributed by atoms with van der Waals surface area (Å²) >= 11 is 0. The maximum Gasteiger partial charge on any atom is 0.338 e. The summed E-state index contributed by atoms with van der Waals surface area (Å²) in [6.07, 6.45) is 3.00. The first-order valence-electron chi connectivity index (χ1n) is 8.66. The highest BCUT2D eigenvalue weighted by molar-refractivity contribution is 5.91. The average Bonchev–Trinajstić information content (AvgIpc) is 2.62. The number of rotatable bonds is 4. The number of fused-ring (bicyclic) bond motifs is 1. The summed E-state index contributed by atoms with van der Waals surface area (Å²) in [5.41, 5.74) is 5.07. The number of esters is 1. The summed E-state index contributed by atoms with van der Waals surface area (Å²) < 4.78 is 5.16. The van der Waals surface area contributed by atoms with Crippen LogP contribution in [0.1, 0.15) is 51.5 Å². The highest BCUT2D eigenvalue weighted by atomic mass is 16.5. The van der Waals surface area contributed by atoms with Gasteiger partial charge in [-0.1, -0.05) is 30.3 Å². The van der Waals surface area contributed by atoms with Gasteiger partial charge >= 0.3 is 5.97 Å². The van der Waals surface area contributed by atoms with Gasteiger partial charge < -0.3 is 10.1 Å². The van der Waals surface area contributed by atoms with Crippen molar-refractivity contribution in [2.45, 2.75) is 39.2 Å². The number of hydrogen-bond donors (Lipinski definition) is 1. The van der Waals surface area contributed by atoms with Gasteiger partial charge in [0.15, 0.2) is 6.61 Å². The molecule has 1 atom stereocenters. The lowest BCUT2D eigenvalue weighted by Gasteiger charge is -2.26. The molecule has 3 rings (SSSR count). The molecule has 4 nitrogen and oxygen atoms in total. The van der Waals surface area contributed by atoms with Crippen molar-refractivity contribution in [2.75, 3.05) is 6.61 Å². The predicted octanol–water partition coefficient (Wildman–Crippen LogP) is 3.65. The molecule has 1 aliphatic carbocycles. The third-order valence-electron chi connectivity index (χ3n) is 4.78. The Balaban J connectivity index is 1.57. The zero-order valence-electron chi connectivity index (χ0n) is 14.7. The summed E-state index contributed by atoms with van der Waals surface area (Å²) in [6.45, 7) is 3.67. The molecular formula is C21H23NO3. The Morgan fingerprint density at radius 1 is 1.12 bits per heavy atom. The molecule has 0 heterocycles. The molecule has 130 valence electrons. The lowest BCUT2D eigenvalue weighted by molar-refractivity contribution is -0.125. The minimum Gasteiger partial charge on any atom is -0.452 e. The van der Waals surface area contributed by atoms with Gasteiger partial charge in [-0.15, -0.1) is 0 Å². The van der Waals surface area contributed by atoms with E-state index in [9.17, 15) is 9.59 Å². The van der Waals surface area contributed by atoms with Crippen molar-refractivity contribution >= 4 is 11.9 Å². The van der Waals surface area contributed by atoms with Crippen molar-refractivity contribution in [3.8, 4) is 0 Å². The average molecular weight is 337 g/mol. The first kappa shape index (κ1) is 17.2. The van der Waals surface area contributed by atoms with Crippen LogP contribution in [-0.4, -0.2) is 18.5 Å². The van der Waals surface area contributed by atoms with Crippen molar-refractivity contribution < 1.29 is 14.3 Å². The van der Waals surface area contributed by atoms with Crippen LogP contribution in [0.4, 0.5) is 0 Å². The molecule has 0 radical (unpaired) electrons. The van der Waals surface area contributed by atoms with Gasteiger partial charge in [-0.2, -0.15) is 0 Å². The molecule has 4 heteroatoms. The van der Waals surface area contributed by atoms with Gasteiger partial charge in [0.05, 0.1) is 11.6 Å². The Bertz CT molecular complexity index is 797. The molecule has 2 aromatic rings. The standard InChI is InChI=1S/C21H23NO3/c1-14-10-11-17(12-15(14)2)21(24)25-13-20(23)22-19-9-5-7-16-6-3-4-8-18(16)19/h3-4,6,8,10-12,19H,5,7,9,13H2,1-2H3,(H,22,23)/t19-/m0/s1. The monoisotopic (exact) mass is 337 g/mol. The van der Waals surface area contributed by atoms with Gasteiger partial charge in [-0.3, -0.25) is 4.79 Å². The van der Waals surface area contributed by atoms with Crippen LogP contribution >= 0.6 is 0 Å². The molecule has 0 unspecified atom stereocenters. The van der Waals surface area contributed by atoms with E-state index in [2.05, 4.69) is 17.4 Å². The van der Waals surface area contributed by atoms with Gasteiger partial charge in [0.2, 0.25) is 0 Å². The van der Waals surface area contributed by atoms with Crippen molar-refractivity contribution in [3.05, 3.63) is 70.3 Å². The van der Waals surface area contributed by atoms with E-state index in [0.29, 0.717) is 5.56 Å². The molecule has 0 fully saturated rings. The zero-order valence-corrected chi connectivity index (χ0v) is 14.7. The lowest BCUT2D eigenvalue weighted by atomic mass is 9.88. The van der Waals surface area contributed by atoms with Crippen molar-refractivity contribution in [3.63, 3.8) is 0 Å². The molecule has 1 N–H and O–H groups in total. The van der Waals surface area contributed by atoms with Gasteiger partial charge in [-0.25, -0.2) is 4.79 Å². The van der Waals surface area contributed by atoms with E-state index in [0.717, 1.165) is 30.4 Å². The molecule has 0 spiro atoms. The summed E-state index contributed by atoms with van der Waals surface area (Å²) in [5.74, 6) is -0.735. The number of amides is 1. The Morgan fingerprint density at radius 2 is 1.92 bits per heavy atom. The van der Waals surface area contributed by atoms with Gasteiger partial charge in [0.25, 0.3) is 5.91 Å². The Hall–Kier alpha value is -2.62. The maximum absolute atomic E-state index is 12.2. The number of carbonyl (C=O) groups is 2. The molecule has 25 heavy (non-hydrogen) atoms. The first-order chi connectivity index (χ1) is 12.0. The summed E-state index contributed by atoms with van der Waals surface area (Å²) in [4.78, 5) is 24.3. The van der Waals surface area contributed by atoms with Gasteiger partial charge in [0.1, 0.15) is 0 Å². The van der Waals surface area contributed by atoms with Crippen molar-refractivity contribution in [1.82, 2.24) is 5.32 Å². The second-order valence-corrected chi connectivity index (χ2v) is 6.59. The molecule has 0 saturated heterocycles. The second kappa shape index (κ2) is 7.51. The van der Waals surface area contributed by atoms with E-state index in [1.165, 1.54) is 11.1 Å². The van der Waals surface area contributed by atoms with Gasteiger partial charge in [0, 0.05) is 0 Å². The van der Waals surface area contributed by atoms with Crippen LogP contribution in [0, 0.1) is 13.8 Å². The Morgan fingerprint density at radius 3 is 2.72 bits per heavy atom. The Kier molecular flexibility index (Phi) is 5.17. The SMILES string of the molecule is Cc1ccc(C(=O)OCC(=O)N[C@H]2CCCc3ccccc32)cc1C. The van der Waals surface area contributed by atoms with E-state index in [1.807, 2.05) is 32.0 Å². The molecule has 0 saturated carbocycles.